The summed E-state index contributed by atoms with van der Waals surface area (Å²) in [6.07, 6.45) is -0.665. The number of ether oxygens (including phenoxy) is 1. The largest absolute Gasteiger partial charge is 0.451 e. The van der Waals surface area contributed by atoms with Gasteiger partial charge in [-0.1, -0.05) is 24.3 Å². The van der Waals surface area contributed by atoms with Crippen molar-refractivity contribution < 1.29 is 9.53 Å². The maximum absolute atomic E-state index is 12.7. The van der Waals surface area contributed by atoms with Gasteiger partial charge >= 0.3 is 5.97 Å². The van der Waals surface area contributed by atoms with Gasteiger partial charge in [-0.15, -0.1) is 22.7 Å². The summed E-state index contributed by atoms with van der Waals surface area (Å²) in [5, 5.41) is 4.48. The van der Waals surface area contributed by atoms with Gasteiger partial charge in [0.1, 0.15) is 4.83 Å². The van der Waals surface area contributed by atoms with Crippen molar-refractivity contribution in [1.29, 1.82) is 0 Å². The number of hydrogen-bond acceptors (Lipinski definition) is 6. The highest BCUT2D eigenvalue weighted by Crippen LogP contribution is 2.33. The second-order valence-electron chi connectivity index (χ2n) is 6.12. The Morgan fingerprint density at radius 3 is 2.74 bits per heavy atom. The average molecular weight is 396 g/mol. The van der Waals surface area contributed by atoms with Crippen LogP contribution in [0.4, 0.5) is 0 Å². The van der Waals surface area contributed by atoms with Crippen molar-refractivity contribution in [1.82, 2.24) is 9.97 Å². The summed E-state index contributed by atoms with van der Waals surface area (Å²) in [4.78, 5) is 34.1. The van der Waals surface area contributed by atoms with Gasteiger partial charge in [-0.05, 0) is 36.9 Å². The number of aromatic nitrogens is 2. The molecule has 1 aromatic carbocycles. The minimum Gasteiger partial charge on any atom is -0.451 e. The van der Waals surface area contributed by atoms with Gasteiger partial charge in [-0.3, -0.25) is 4.79 Å². The number of carbonyl (C=O) groups is 1. The van der Waals surface area contributed by atoms with E-state index in [2.05, 4.69) is 9.97 Å². The van der Waals surface area contributed by atoms with Gasteiger partial charge in [0.15, 0.2) is 11.9 Å². The second-order valence-corrected chi connectivity index (χ2v) is 7.93. The van der Waals surface area contributed by atoms with Gasteiger partial charge in [-0.2, -0.15) is 0 Å². The summed E-state index contributed by atoms with van der Waals surface area (Å²) in [5.41, 5.74) is 2.00. The summed E-state index contributed by atoms with van der Waals surface area (Å²) in [5.74, 6) is -0.0946. The summed E-state index contributed by atoms with van der Waals surface area (Å²) >= 11 is 2.99. The zero-order valence-electron chi connectivity index (χ0n) is 14.7. The predicted molar refractivity (Wildman–Crippen MR) is 109 cm³/mol. The van der Waals surface area contributed by atoms with E-state index in [0.29, 0.717) is 21.6 Å². The molecule has 1 atom stereocenters. The van der Waals surface area contributed by atoms with Crippen LogP contribution in [0.15, 0.2) is 52.0 Å². The highest BCUT2D eigenvalue weighted by molar-refractivity contribution is 7.18. The van der Waals surface area contributed by atoms with Crippen molar-refractivity contribution in [2.75, 3.05) is 0 Å². The number of hydrogen-bond donors (Lipinski definition) is 1. The molecular formula is C20H16N2O3S2. The monoisotopic (exact) mass is 396 g/mol. The maximum atomic E-state index is 12.7. The van der Waals surface area contributed by atoms with Crippen LogP contribution >= 0.6 is 22.7 Å². The minimum atomic E-state index is -0.665. The molecule has 7 heteroatoms. The Morgan fingerprint density at radius 1 is 1.19 bits per heavy atom. The van der Waals surface area contributed by atoms with E-state index in [0.717, 1.165) is 16.0 Å². The number of benzene rings is 1. The molecular weight excluding hydrogens is 380 g/mol. The molecule has 0 aliphatic rings. The third-order valence-electron chi connectivity index (χ3n) is 4.28. The third-order valence-corrected chi connectivity index (χ3v) is 6.06. The summed E-state index contributed by atoms with van der Waals surface area (Å²) in [6, 6.07) is 11.2. The van der Waals surface area contributed by atoms with Gasteiger partial charge in [0.25, 0.3) is 5.56 Å². The number of nitrogens with one attached hydrogen (secondary N) is 1. The van der Waals surface area contributed by atoms with E-state index in [1.807, 2.05) is 41.9 Å². The van der Waals surface area contributed by atoms with Crippen molar-refractivity contribution in [2.24, 2.45) is 0 Å². The number of nitrogens with zero attached hydrogens (tertiary/aromatic N) is 1. The number of esters is 1. The van der Waals surface area contributed by atoms with Gasteiger partial charge < -0.3 is 9.72 Å². The normalized spacial score (nSPS) is 12.2. The standard InChI is InChI=1S/C20H16N2O3S2/c1-11-6-3-4-7-13(11)20(24)25-12(2)17-21-18(23)16-14(10-27-19(16)22-17)15-8-5-9-26-15/h3-10,12H,1-2H3,(H,21,22,23)/t12-/m1/s1. The predicted octanol–water partition coefficient (Wildman–Crippen LogP) is 4.94. The second kappa shape index (κ2) is 7.09. The molecule has 0 spiro atoms. The smallest absolute Gasteiger partial charge is 0.339 e. The fourth-order valence-electron chi connectivity index (χ4n) is 2.85. The Balaban J connectivity index is 1.65. The van der Waals surface area contributed by atoms with E-state index < -0.39 is 12.1 Å². The van der Waals surface area contributed by atoms with Gasteiger partial charge in [-0.25, -0.2) is 9.78 Å². The van der Waals surface area contributed by atoms with E-state index in [9.17, 15) is 9.59 Å². The van der Waals surface area contributed by atoms with Crippen molar-refractivity contribution in [2.45, 2.75) is 20.0 Å². The molecule has 27 heavy (non-hydrogen) atoms. The molecule has 4 rings (SSSR count). The highest BCUT2D eigenvalue weighted by Gasteiger charge is 2.20. The Labute approximate surface area is 163 Å². The molecule has 0 unspecified atom stereocenters. The lowest BCUT2D eigenvalue weighted by Gasteiger charge is -2.13. The van der Waals surface area contributed by atoms with E-state index in [4.69, 9.17) is 4.74 Å². The summed E-state index contributed by atoms with van der Waals surface area (Å²) in [6.45, 7) is 3.55. The van der Waals surface area contributed by atoms with Gasteiger partial charge in [0.05, 0.1) is 10.9 Å². The fourth-order valence-corrected chi connectivity index (χ4v) is 4.62. The molecule has 0 aliphatic carbocycles. The molecule has 0 saturated carbocycles. The lowest BCUT2D eigenvalue weighted by atomic mass is 10.1. The Bertz CT molecular complexity index is 1180. The molecule has 4 aromatic rings. The molecule has 0 fully saturated rings. The molecule has 0 bridgehead atoms. The topological polar surface area (TPSA) is 72.0 Å². The van der Waals surface area contributed by atoms with E-state index in [1.54, 1.807) is 30.4 Å². The van der Waals surface area contributed by atoms with E-state index >= 15 is 0 Å². The molecule has 3 aromatic heterocycles. The zero-order valence-corrected chi connectivity index (χ0v) is 16.3. The van der Waals surface area contributed by atoms with Crippen molar-refractivity contribution in [3.63, 3.8) is 0 Å². The number of thiophene rings is 2. The third kappa shape index (κ3) is 3.31. The van der Waals surface area contributed by atoms with Crippen LogP contribution in [0.2, 0.25) is 0 Å². The van der Waals surface area contributed by atoms with Gasteiger partial charge in [0, 0.05) is 15.8 Å². The van der Waals surface area contributed by atoms with Crippen LogP contribution < -0.4 is 5.56 Å². The van der Waals surface area contributed by atoms with Crippen LogP contribution in [0.3, 0.4) is 0 Å². The van der Waals surface area contributed by atoms with Crippen LogP contribution in [-0.2, 0) is 4.74 Å². The first kappa shape index (κ1) is 17.6. The van der Waals surface area contributed by atoms with Crippen LogP contribution in [0.5, 0.6) is 0 Å². The molecule has 1 N–H and O–H groups in total. The lowest BCUT2D eigenvalue weighted by Crippen LogP contribution is -2.17. The van der Waals surface area contributed by atoms with Crippen molar-refractivity contribution in [3.8, 4) is 10.4 Å². The molecule has 0 aliphatic heterocycles. The fraction of sp³-hybridized carbons (Fsp3) is 0.150. The summed E-state index contributed by atoms with van der Waals surface area (Å²) < 4.78 is 5.52. The first-order chi connectivity index (χ1) is 13.0. The van der Waals surface area contributed by atoms with E-state index in [1.165, 1.54) is 11.3 Å². The number of rotatable bonds is 4. The van der Waals surface area contributed by atoms with Crippen LogP contribution in [0, 0.1) is 6.92 Å². The lowest BCUT2D eigenvalue weighted by molar-refractivity contribution is 0.0319. The molecule has 5 nitrogen and oxygen atoms in total. The minimum absolute atomic E-state index is 0.224. The number of H-pyrrole nitrogens is 1. The number of fused-ring (bicyclic) bond motifs is 1. The SMILES string of the molecule is Cc1ccccc1C(=O)O[C@H](C)c1nc2scc(-c3cccs3)c2c(=O)[nH]1. The quantitative estimate of drug-likeness (QED) is 0.496. The maximum Gasteiger partial charge on any atom is 0.339 e. The number of aryl methyl sites for hydroxylation is 1. The summed E-state index contributed by atoms with van der Waals surface area (Å²) in [7, 11) is 0. The molecule has 136 valence electrons. The number of carbonyl (C=O) groups excluding carboxylic acids is 1. The van der Waals surface area contributed by atoms with Crippen LogP contribution in [0.25, 0.3) is 20.7 Å². The van der Waals surface area contributed by atoms with Crippen LogP contribution in [0.1, 0.15) is 34.8 Å². The molecule has 0 amide bonds. The van der Waals surface area contributed by atoms with Gasteiger partial charge in [0.2, 0.25) is 0 Å². The van der Waals surface area contributed by atoms with E-state index in [-0.39, 0.29) is 5.56 Å². The Hall–Kier alpha value is -2.77. The van der Waals surface area contributed by atoms with Crippen molar-refractivity contribution in [3.05, 3.63) is 74.5 Å². The number of aromatic amines is 1. The Morgan fingerprint density at radius 2 is 2.00 bits per heavy atom. The highest BCUT2D eigenvalue weighted by atomic mass is 32.1. The average Bonchev–Trinajstić information content (AvgIpc) is 3.31. The molecule has 0 radical (unpaired) electrons. The zero-order chi connectivity index (χ0) is 19.0. The Kier molecular flexibility index (Phi) is 4.63. The first-order valence-corrected chi connectivity index (χ1v) is 10.1. The van der Waals surface area contributed by atoms with Crippen LogP contribution in [-0.4, -0.2) is 15.9 Å². The van der Waals surface area contributed by atoms with Crippen molar-refractivity contribution >= 4 is 38.9 Å². The first-order valence-electron chi connectivity index (χ1n) is 8.36. The molecule has 3 heterocycles. The molecule has 0 saturated heterocycles.